The van der Waals surface area contributed by atoms with Gasteiger partial charge in [0.05, 0.1) is 5.69 Å². The van der Waals surface area contributed by atoms with E-state index in [2.05, 4.69) is 5.32 Å². The molecule has 32 heavy (non-hydrogen) atoms. The molecule has 1 fully saturated rings. The summed E-state index contributed by atoms with van der Waals surface area (Å²) in [5.41, 5.74) is 3.01. The van der Waals surface area contributed by atoms with Crippen molar-refractivity contribution in [1.82, 2.24) is 5.32 Å². The number of thiocarbonyl (C=S) groups is 1. The maximum absolute atomic E-state index is 13.1. The lowest BCUT2D eigenvalue weighted by molar-refractivity contribution is -0.122. The molecule has 0 saturated carbocycles. The summed E-state index contributed by atoms with van der Waals surface area (Å²) in [4.78, 5) is 38.4. The lowest BCUT2D eigenvalue weighted by Crippen LogP contribution is -2.54. The van der Waals surface area contributed by atoms with Crippen molar-refractivity contribution in [3.63, 3.8) is 0 Å². The van der Waals surface area contributed by atoms with E-state index in [1.165, 1.54) is 17.9 Å². The predicted octanol–water partition coefficient (Wildman–Crippen LogP) is 4.54. The summed E-state index contributed by atoms with van der Waals surface area (Å²) in [6, 6.07) is 17.9. The van der Waals surface area contributed by atoms with Gasteiger partial charge in [0.1, 0.15) is 17.1 Å². The van der Waals surface area contributed by atoms with Crippen molar-refractivity contribution in [3.8, 4) is 11.3 Å². The molecule has 6 nitrogen and oxygen atoms in total. The van der Waals surface area contributed by atoms with Gasteiger partial charge in [-0.25, -0.2) is 0 Å². The van der Waals surface area contributed by atoms with Gasteiger partial charge in [-0.15, -0.1) is 0 Å². The Kier molecular flexibility index (Phi) is 5.83. The number of ketones is 1. The fraction of sp³-hybridized carbons (Fsp3) is 0.120. The molecule has 1 aromatic heterocycles. The first-order valence-corrected chi connectivity index (χ1v) is 10.5. The molecule has 0 radical (unpaired) electrons. The van der Waals surface area contributed by atoms with Gasteiger partial charge >= 0.3 is 0 Å². The molecule has 2 heterocycles. The zero-order chi connectivity index (χ0) is 22.8. The van der Waals surface area contributed by atoms with Gasteiger partial charge in [-0.05, 0) is 61.5 Å². The molecule has 1 aliphatic rings. The van der Waals surface area contributed by atoms with Crippen molar-refractivity contribution in [2.75, 3.05) is 4.90 Å². The number of furan rings is 1. The molecule has 4 rings (SSSR count). The summed E-state index contributed by atoms with van der Waals surface area (Å²) in [6.45, 7) is 3.55. The number of Topliss-reactive ketones (excluding diaryl/α,β-unsaturated/α-hetero) is 1. The Morgan fingerprint density at radius 1 is 1.03 bits per heavy atom. The number of nitrogens with one attached hydrogen (secondary N) is 1. The van der Waals surface area contributed by atoms with Crippen LogP contribution in [0.3, 0.4) is 0 Å². The Balaban J connectivity index is 1.62. The maximum Gasteiger partial charge on any atom is 0.270 e. The second kappa shape index (κ2) is 8.72. The molecule has 0 aliphatic carbocycles. The second-order valence-corrected chi connectivity index (χ2v) is 7.70. The molecule has 160 valence electrons. The van der Waals surface area contributed by atoms with Crippen LogP contribution < -0.4 is 10.2 Å². The summed E-state index contributed by atoms with van der Waals surface area (Å²) in [7, 11) is 0. The molecule has 0 spiro atoms. The monoisotopic (exact) mass is 444 g/mol. The molecule has 2 aromatic carbocycles. The number of hydrogen-bond donors (Lipinski definition) is 1. The lowest BCUT2D eigenvalue weighted by atomic mass is 10.1. The number of benzene rings is 2. The third-order valence-electron chi connectivity index (χ3n) is 5.19. The smallest absolute Gasteiger partial charge is 0.270 e. The van der Waals surface area contributed by atoms with Crippen LogP contribution in [0.1, 0.15) is 35.5 Å². The minimum absolute atomic E-state index is 0.0185. The van der Waals surface area contributed by atoms with Crippen LogP contribution in [0.15, 0.2) is 70.7 Å². The van der Waals surface area contributed by atoms with Gasteiger partial charge in [0.2, 0.25) is 0 Å². The zero-order valence-electron chi connectivity index (χ0n) is 17.5. The number of nitrogens with zero attached hydrogens (tertiary/aromatic N) is 1. The number of anilines is 1. The lowest BCUT2D eigenvalue weighted by Gasteiger charge is -2.28. The summed E-state index contributed by atoms with van der Waals surface area (Å²) >= 11 is 5.24. The van der Waals surface area contributed by atoms with Crippen molar-refractivity contribution >= 4 is 46.7 Å². The minimum atomic E-state index is -0.579. The number of carbonyl (C=O) groups excluding carboxylic acids is 3. The number of hydrogen-bond acceptors (Lipinski definition) is 5. The first kappa shape index (κ1) is 21.4. The van der Waals surface area contributed by atoms with E-state index in [9.17, 15) is 14.4 Å². The topological polar surface area (TPSA) is 79.6 Å². The number of aryl methyl sites for hydroxylation is 1. The zero-order valence-corrected chi connectivity index (χ0v) is 18.4. The molecule has 1 aliphatic heterocycles. The summed E-state index contributed by atoms with van der Waals surface area (Å²) in [5.74, 6) is -0.214. The van der Waals surface area contributed by atoms with Crippen molar-refractivity contribution in [2.24, 2.45) is 0 Å². The first-order valence-electron chi connectivity index (χ1n) is 10.1. The second-order valence-electron chi connectivity index (χ2n) is 7.31. The normalized spacial score (nSPS) is 15.2. The van der Waals surface area contributed by atoms with E-state index < -0.39 is 11.8 Å². The summed E-state index contributed by atoms with van der Waals surface area (Å²) in [6.07, 6.45) is 2.28. The van der Waals surface area contributed by atoms with Crippen LogP contribution in [0.2, 0.25) is 0 Å². The molecule has 7 heteroatoms. The van der Waals surface area contributed by atoms with Gasteiger partial charge in [0, 0.05) is 11.1 Å². The maximum atomic E-state index is 13.1. The van der Waals surface area contributed by atoms with Gasteiger partial charge < -0.3 is 4.42 Å². The number of carbonyl (C=O) groups is 3. The average Bonchev–Trinajstić information content (AvgIpc) is 3.26. The van der Waals surface area contributed by atoms with Gasteiger partial charge in [0.15, 0.2) is 10.9 Å². The van der Waals surface area contributed by atoms with Gasteiger partial charge in [-0.1, -0.05) is 43.3 Å². The number of amides is 2. The van der Waals surface area contributed by atoms with E-state index in [0.29, 0.717) is 22.8 Å². The fourth-order valence-corrected chi connectivity index (χ4v) is 3.65. The van der Waals surface area contributed by atoms with Gasteiger partial charge in [0.25, 0.3) is 11.8 Å². The molecule has 0 atom stereocenters. The third kappa shape index (κ3) is 4.15. The molecule has 3 aromatic rings. The van der Waals surface area contributed by atoms with Crippen LogP contribution in [0.25, 0.3) is 17.4 Å². The van der Waals surface area contributed by atoms with E-state index in [1.54, 1.807) is 48.5 Å². The van der Waals surface area contributed by atoms with Crippen LogP contribution in [0.4, 0.5) is 5.69 Å². The van der Waals surface area contributed by atoms with E-state index in [4.69, 9.17) is 16.6 Å². The predicted molar refractivity (Wildman–Crippen MR) is 126 cm³/mol. The van der Waals surface area contributed by atoms with Crippen molar-refractivity contribution in [1.29, 1.82) is 0 Å². The van der Waals surface area contributed by atoms with E-state index >= 15 is 0 Å². The van der Waals surface area contributed by atoms with Crippen molar-refractivity contribution < 1.29 is 18.8 Å². The van der Waals surface area contributed by atoms with Gasteiger partial charge in [-0.3, -0.25) is 24.6 Å². The average molecular weight is 445 g/mol. The van der Waals surface area contributed by atoms with Crippen molar-refractivity contribution in [2.45, 2.75) is 20.3 Å². The van der Waals surface area contributed by atoms with Crippen LogP contribution in [-0.2, 0) is 16.0 Å². The largest absolute Gasteiger partial charge is 0.457 e. The number of rotatable bonds is 5. The highest BCUT2D eigenvalue weighted by atomic mass is 32.1. The van der Waals surface area contributed by atoms with Crippen LogP contribution in [-0.4, -0.2) is 22.7 Å². The highest BCUT2D eigenvalue weighted by Gasteiger charge is 2.34. The van der Waals surface area contributed by atoms with Crippen LogP contribution in [0, 0.1) is 0 Å². The van der Waals surface area contributed by atoms with Crippen LogP contribution in [0.5, 0.6) is 0 Å². The Bertz CT molecular complexity index is 1250. The highest BCUT2D eigenvalue weighted by Crippen LogP contribution is 2.26. The fourth-order valence-electron chi connectivity index (χ4n) is 3.37. The van der Waals surface area contributed by atoms with E-state index in [1.807, 2.05) is 19.1 Å². The summed E-state index contributed by atoms with van der Waals surface area (Å²) in [5, 5.41) is 2.60. The molecule has 0 unspecified atom stereocenters. The van der Waals surface area contributed by atoms with Crippen molar-refractivity contribution in [3.05, 3.63) is 83.1 Å². The molecule has 2 amide bonds. The minimum Gasteiger partial charge on any atom is -0.457 e. The Labute approximate surface area is 190 Å². The van der Waals surface area contributed by atoms with E-state index in [-0.39, 0.29) is 16.5 Å². The van der Waals surface area contributed by atoms with Gasteiger partial charge in [-0.2, -0.15) is 0 Å². The SMILES string of the molecule is CCc1ccc(N2C(=O)/C(=C/c3ccc(-c4ccc(C(C)=O)cc4)o3)C(=O)NC2=S)cc1. The molecule has 1 N–H and O–H groups in total. The molecular formula is C25H20N2O4S. The van der Waals surface area contributed by atoms with E-state index in [0.717, 1.165) is 17.5 Å². The standard InChI is InChI=1S/C25H20N2O4S/c1-3-16-4-10-19(11-5-16)27-24(30)21(23(29)26-25(27)32)14-20-12-13-22(31-20)18-8-6-17(7-9-18)15(2)28/h4-14H,3H2,1-2H3,(H,26,29,32)/b21-14+. The Morgan fingerprint density at radius 3 is 2.34 bits per heavy atom. The Morgan fingerprint density at radius 2 is 1.72 bits per heavy atom. The molecule has 0 bridgehead atoms. The summed E-state index contributed by atoms with van der Waals surface area (Å²) < 4.78 is 5.82. The molecule has 1 saturated heterocycles. The highest BCUT2D eigenvalue weighted by molar-refractivity contribution is 7.80. The Hall–Kier alpha value is -3.84. The first-order chi connectivity index (χ1) is 15.4. The third-order valence-corrected chi connectivity index (χ3v) is 5.48. The molecular weight excluding hydrogens is 424 g/mol. The quantitative estimate of drug-likeness (QED) is 0.270. The van der Waals surface area contributed by atoms with Crippen LogP contribution >= 0.6 is 12.2 Å².